The Bertz CT molecular complexity index is 565. The molecule has 0 radical (unpaired) electrons. The third kappa shape index (κ3) is 2.44. The van der Waals surface area contributed by atoms with Gasteiger partial charge in [-0.25, -0.2) is 4.39 Å². The highest BCUT2D eigenvalue weighted by Crippen LogP contribution is 2.18. The Morgan fingerprint density at radius 3 is 2.88 bits per heavy atom. The second kappa shape index (κ2) is 4.79. The van der Waals surface area contributed by atoms with E-state index in [0.29, 0.717) is 16.6 Å². The first-order chi connectivity index (χ1) is 8.11. The molecule has 2 rings (SSSR count). The minimum absolute atomic E-state index is 0.0591. The maximum atomic E-state index is 13.6. The van der Waals surface area contributed by atoms with Gasteiger partial charge in [-0.05, 0) is 25.1 Å². The van der Waals surface area contributed by atoms with E-state index in [9.17, 15) is 9.18 Å². The molecule has 0 aliphatic heterocycles. The van der Waals surface area contributed by atoms with Gasteiger partial charge in [0.25, 0.3) is 0 Å². The molecule has 0 fully saturated rings. The molecule has 0 amide bonds. The van der Waals surface area contributed by atoms with Crippen LogP contribution in [0.5, 0.6) is 0 Å². The van der Waals surface area contributed by atoms with E-state index in [1.165, 1.54) is 18.3 Å². The number of carbonyl (C=O) groups excluding carboxylic acids is 1. The Morgan fingerprint density at radius 2 is 2.29 bits per heavy atom. The average Bonchev–Trinajstić information content (AvgIpc) is 2.76. The molecule has 0 spiro atoms. The number of ketones is 1. The van der Waals surface area contributed by atoms with Crippen LogP contribution in [0.4, 0.5) is 4.39 Å². The number of aryl methyl sites for hydroxylation is 1. The van der Waals surface area contributed by atoms with Crippen LogP contribution in [-0.4, -0.2) is 15.6 Å². The van der Waals surface area contributed by atoms with Crippen molar-refractivity contribution in [3.8, 4) is 0 Å². The average molecular weight is 297 g/mol. The summed E-state index contributed by atoms with van der Waals surface area (Å²) in [5.74, 6) is -0.886. The summed E-state index contributed by atoms with van der Waals surface area (Å²) in [7, 11) is 0. The summed E-state index contributed by atoms with van der Waals surface area (Å²) in [5, 5.41) is 3.99. The van der Waals surface area contributed by atoms with Crippen molar-refractivity contribution < 1.29 is 9.18 Å². The van der Waals surface area contributed by atoms with E-state index >= 15 is 0 Å². The molecule has 0 unspecified atom stereocenters. The Balaban J connectivity index is 2.36. The minimum Gasteiger partial charge on any atom is -0.288 e. The van der Waals surface area contributed by atoms with Crippen molar-refractivity contribution in [2.45, 2.75) is 13.5 Å². The molecule has 1 aromatic heterocycles. The SMILES string of the molecule is CCn1cc(C(=O)c2ccc(Br)cc2F)cn1. The van der Waals surface area contributed by atoms with Gasteiger partial charge >= 0.3 is 0 Å². The molecule has 0 N–H and O–H groups in total. The number of hydrogen-bond acceptors (Lipinski definition) is 2. The highest BCUT2D eigenvalue weighted by molar-refractivity contribution is 9.10. The van der Waals surface area contributed by atoms with Crippen molar-refractivity contribution in [1.82, 2.24) is 9.78 Å². The van der Waals surface area contributed by atoms with Crippen molar-refractivity contribution in [2.24, 2.45) is 0 Å². The van der Waals surface area contributed by atoms with Crippen molar-refractivity contribution in [2.75, 3.05) is 0 Å². The third-order valence-corrected chi connectivity index (χ3v) is 2.89. The fourth-order valence-corrected chi connectivity index (χ4v) is 1.82. The van der Waals surface area contributed by atoms with Crippen LogP contribution in [0.2, 0.25) is 0 Å². The first-order valence-electron chi connectivity index (χ1n) is 5.14. The molecule has 2 aromatic rings. The third-order valence-electron chi connectivity index (χ3n) is 2.40. The van der Waals surface area contributed by atoms with Crippen LogP contribution in [0.15, 0.2) is 35.1 Å². The number of rotatable bonds is 3. The molecular formula is C12H10BrFN2O. The maximum absolute atomic E-state index is 13.6. The lowest BCUT2D eigenvalue weighted by Crippen LogP contribution is -2.03. The van der Waals surface area contributed by atoms with Gasteiger partial charge in [0.2, 0.25) is 0 Å². The van der Waals surface area contributed by atoms with Crippen molar-refractivity contribution >= 4 is 21.7 Å². The standard InChI is InChI=1S/C12H10BrFN2O/c1-2-16-7-8(6-15-16)12(17)10-4-3-9(13)5-11(10)14/h3-7H,2H2,1H3. The van der Waals surface area contributed by atoms with Gasteiger partial charge in [0, 0.05) is 17.2 Å². The van der Waals surface area contributed by atoms with E-state index in [-0.39, 0.29) is 11.3 Å². The first kappa shape index (κ1) is 12.0. The van der Waals surface area contributed by atoms with E-state index in [4.69, 9.17) is 0 Å². The normalized spacial score (nSPS) is 10.5. The van der Waals surface area contributed by atoms with Crippen molar-refractivity contribution in [3.63, 3.8) is 0 Å². The van der Waals surface area contributed by atoms with E-state index in [0.717, 1.165) is 0 Å². The summed E-state index contributed by atoms with van der Waals surface area (Å²) in [4.78, 5) is 12.0. The minimum atomic E-state index is -0.534. The maximum Gasteiger partial charge on any atom is 0.199 e. The second-order valence-corrected chi connectivity index (χ2v) is 4.45. The molecule has 1 heterocycles. The Morgan fingerprint density at radius 1 is 1.53 bits per heavy atom. The fourth-order valence-electron chi connectivity index (χ4n) is 1.48. The summed E-state index contributed by atoms with van der Waals surface area (Å²) in [6.45, 7) is 2.59. The molecule has 5 heteroatoms. The zero-order valence-electron chi connectivity index (χ0n) is 9.15. The molecule has 1 aromatic carbocycles. The Hall–Kier alpha value is -1.49. The van der Waals surface area contributed by atoms with Crippen LogP contribution in [0.25, 0.3) is 0 Å². The number of carbonyl (C=O) groups is 1. The van der Waals surface area contributed by atoms with Crippen LogP contribution in [0.3, 0.4) is 0 Å². The number of aromatic nitrogens is 2. The van der Waals surface area contributed by atoms with Gasteiger partial charge in [-0.2, -0.15) is 5.10 Å². The lowest BCUT2D eigenvalue weighted by molar-refractivity contribution is 0.103. The summed E-state index contributed by atoms with van der Waals surface area (Å²) in [6, 6.07) is 4.38. The molecule has 0 saturated carbocycles. The van der Waals surface area contributed by atoms with Gasteiger partial charge in [0.15, 0.2) is 5.78 Å². The van der Waals surface area contributed by atoms with Crippen LogP contribution >= 0.6 is 15.9 Å². The zero-order chi connectivity index (χ0) is 12.4. The van der Waals surface area contributed by atoms with Crippen LogP contribution < -0.4 is 0 Å². The number of hydrogen-bond donors (Lipinski definition) is 0. The molecule has 0 aliphatic carbocycles. The van der Waals surface area contributed by atoms with Gasteiger partial charge in [-0.3, -0.25) is 9.48 Å². The number of halogens is 2. The largest absolute Gasteiger partial charge is 0.288 e. The topological polar surface area (TPSA) is 34.9 Å². The van der Waals surface area contributed by atoms with Crippen LogP contribution in [0.1, 0.15) is 22.8 Å². The van der Waals surface area contributed by atoms with Crippen LogP contribution in [0, 0.1) is 5.82 Å². The van der Waals surface area contributed by atoms with Gasteiger partial charge in [0.1, 0.15) is 5.82 Å². The molecule has 3 nitrogen and oxygen atoms in total. The van der Waals surface area contributed by atoms with Gasteiger partial charge in [0.05, 0.1) is 17.3 Å². The molecule has 88 valence electrons. The van der Waals surface area contributed by atoms with Gasteiger partial charge < -0.3 is 0 Å². The van der Waals surface area contributed by atoms with E-state index in [1.807, 2.05) is 6.92 Å². The molecule has 0 aliphatic rings. The zero-order valence-corrected chi connectivity index (χ0v) is 10.7. The highest BCUT2D eigenvalue weighted by atomic mass is 79.9. The van der Waals surface area contributed by atoms with E-state index < -0.39 is 5.82 Å². The smallest absolute Gasteiger partial charge is 0.199 e. The molecular weight excluding hydrogens is 287 g/mol. The predicted molar refractivity (Wildman–Crippen MR) is 65.4 cm³/mol. The first-order valence-corrected chi connectivity index (χ1v) is 5.93. The van der Waals surface area contributed by atoms with Gasteiger partial charge in [-0.1, -0.05) is 15.9 Å². The predicted octanol–water partition coefficient (Wildman–Crippen LogP) is 3.04. The summed E-state index contributed by atoms with van der Waals surface area (Å²) >= 11 is 3.15. The monoisotopic (exact) mass is 296 g/mol. The number of nitrogens with zero attached hydrogens (tertiary/aromatic N) is 2. The van der Waals surface area contributed by atoms with Gasteiger partial charge in [-0.15, -0.1) is 0 Å². The van der Waals surface area contributed by atoms with Crippen molar-refractivity contribution in [1.29, 1.82) is 0 Å². The molecule has 0 bridgehead atoms. The molecule has 0 atom stereocenters. The summed E-state index contributed by atoms with van der Waals surface area (Å²) < 4.78 is 15.8. The van der Waals surface area contributed by atoms with Crippen molar-refractivity contribution in [3.05, 3.63) is 52.0 Å². The lowest BCUT2D eigenvalue weighted by Gasteiger charge is -2.00. The Labute approximate surface area is 106 Å². The fraction of sp³-hybridized carbons (Fsp3) is 0.167. The van der Waals surface area contributed by atoms with E-state index in [2.05, 4.69) is 21.0 Å². The summed E-state index contributed by atoms with van der Waals surface area (Å²) in [5.41, 5.74) is 0.455. The van der Waals surface area contributed by atoms with E-state index in [1.54, 1.807) is 16.9 Å². The quantitative estimate of drug-likeness (QED) is 0.816. The summed E-state index contributed by atoms with van der Waals surface area (Å²) in [6.07, 6.45) is 3.07. The molecule has 17 heavy (non-hydrogen) atoms. The van der Waals surface area contributed by atoms with Crippen LogP contribution in [-0.2, 0) is 6.54 Å². The Kier molecular flexibility index (Phi) is 3.38. The lowest BCUT2D eigenvalue weighted by atomic mass is 10.1. The highest BCUT2D eigenvalue weighted by Gasteiger charge is 2.15. The number of benzene rings is 1. The second-order valence-electron chi connectivity index (χ2n) is 3.54. The molecule has 0 saturated heterocycles.